The Morgan fingerprint density at radius 1 is 0.444 bits per heavy atom. The number of aliphatic hydroxyl groups excluding tert-OH is 1. The van der Waals surface area contributed by atoms with Gasteiger partial charge in [-0.3, -0.25) is 9.59 Å². The van der Waals surface area contributed by atoms with E-state index in [4.69, 9.17) is 9.47 Å². The number of unbranched alkanes of at least 4 members (excludes halogenated alkanes) is 23. The minimum Gasteiger partial charge on any atom is -0.462 e. The van der Waals surface area contributed by atoms with Gasteiger partial charge >= 0.3 is 11.9 Å². The molecule has 0 saturated carbocycles. The maximum atomic E-state index is 12.2. The Labute approximate surface area is 334 Å². The molecule has 0 radical (unpaired) electrons. The second kappa shape index (κ2) is 45.0. The third-order valence-corrected chi connectivity index (χ3v) is 9.80. The zero-order valence-corrected chi connectivity index (χ0v) is 35.5. The molecule has 0 amide bonds. The molecule has 0 aliphatic rings. The number of rotatable bonds is 41. The molecule has 0 aliphatic heterocycles. The quantitative estimate of drug-likeness (QED) is 0.0382. The molecule has 0 saturated heterocycles. The average molecular weight is 755 g/mol. The predicted molar refractivity (Wildman–Crippen MR) is 233 cm³/mol. The van der Waals surface area contributed by atoms with Crippen molar-refractivity contribution in [1.82, 2.24) is 0 Å². The Morgan fingerprint density at radius 2 is 0.796 bits per heavy atom. The number of hydrogen-bond donors (Lipinski definition) is 1. The number of ether oxygens (including phenoxy) is 2. The summed E-state index contributed by atoms with van der Waals surface area (Å²) >= 11 is 0. The SMILES string of the molecule is CC/C=C\C/C=C\C/C=C\C/C=C\CCCCCCCCCCCCC(=O)OC(CO)COC(=O)CCCCCCCCC/C=C\CCCCCCCC. The first-order valence-electron chi connectivity index (χ1n) is 22.8. The van der Waals surface area contributed by atoms with Crippen LogP contribution in [-0.2, 0) is 19.1 Å². The Bertz CT molecular complexity index is 946. The van der Waals surface area contributed by atoms with Crippen LogP contribution in [0, 0.1) is 0 Å². The maximum Gasteiger partial charge on any atom is 0.306 e. The summed E-state index contributed by atoms with van der Waals surface area (Å²) in [5, 5.41) is 9.60. The highest BCUT2D eigenvalue weighted by atomic mass is 16.6. The molecule has 1 unspecified atom stereocenters. The zero-order chi connectivity index (χ0) is 39.3. The highest BCUT2D eigenvalue weighted by Gasteiger charge is 2.16. The van der Waals surface area contributed by atoms with Crippen molar-refractivity contribution in [3.05, 3.63) is 60.8 Å². The van der Waals surface area contributed by atoms with Crippen molar-refractivity contribution in [2.24, 2.45) is 0 Å². The van der Waals surface area contributed by atoms with Crippen molar-refractivity contribution in [1.29, 1.82) is 0 Å². The molecule has 1 N–H and O–H groups in total. The first-order valence-corrected chi connectivity index (χ1v) is 22.8. The van der Waals surface area contributed by atoms with Crippen molar-refractivity contribution < 1.29 is 24.2 Å². The summed E-state index contributed by atoms with van der Waals surface area (Å²) in [6.07, 6.45) is 58.6. The largest absolute Gasteiger partial charge is 0.462 e. The lowest BCUT2D eigenvalue weighted by atomic mass is 10.0. The molecule has 0 fully saturated rings. The molecule has 1 atom stereocenters. The summed E-state index contributed by atoms with van der Waals surface area (Å²) in [5.74, 6) is -0.598. The van der Waals surface area contributed by atoms with Crippen LogP contribution in [-0.4, -0.2) is 36.4 Å². The van der Waals surface area contributed by atoms with Crippen molar-refractivity contribution in [3.63, 3.8) is 0 Å². The zero-order valence-electron chi connectivity index (χ0n) is 35.5. The Hall–Kier alpha value is -2.40. The summed E-state index contributed by atoms with van der Waals surface area (Å²) in [4.78, 5) is 24.4. The van der Waals surface area contributed by atoms with Crippen LogP contribution in [0.15, 0.2) is 60.8 Å². The highest BCUT2D eigenvalue weighted by Crippen LogP contribution is 2.14. The van der Waals surface area contributed by atoms with Crippen LogP contribution in [0.3, 0.4) is 0 Å². The van der Waals surface area contributed by atoms with Gasteiger partial charge in [0.15, 0.2) is 6.10 Å². The first-order chi connectivity index (χ1) is 26.6. The molecule has 0 aromatic heterocycles. The van der Waals surface area contributed by atoms with Gasteiger partial charge in [-0.25, -0.2) is 0 Å². The maximum absolute atomic E-state index is 12.2. The summed E-state index contributed by atoms with van der Waals surface area (Å²) in [6.45, 7) is 4.02. The number of esters is 2. The fourth-order valence-electron chi connectivity index (χ4n) is 6.36. The van der Waals surface area contributed by atoms with E-state index in [0.717, 1.165) is 64.2 Å². The fourth-order valence-corrected chi connectivity index (χ4v) is 6.36. The number of hydrogen-bond acceptors (Lipinski definition) is 5. The number of aliphatic hydroxyl groups is 1. The third kappa shape index (κ3) is 42.3. The molecule has 0 aromatic rings. The van der Waals surface area contributed by atoms with E-state index in [2.05, 4.69) is 74.6 Å². The Kier molecular flexibility index (Phi) is 43.0. The van der Waals surface area contributed by atoms with E-state index in [9.17, 15) is 14.7 Å². The molecule has 0 heterocycles. The van der Waals surface area contributed by atoms with E-state index in [0.29, 0.717) is 12.8 Å². The Morgan fingerprint density at radius 3 is 1.22 bits per heavy atom. The molecule has 54 heavy (non-hydrogen) atoms. The van der Waals surface area contributed by atoms with Crippen LogP contribution in [0.25, 0.3) is 0 Å². The van der Waals surface area contributed by atoms with Crippen LogP contribution in [0.2, 0.25) is 0 Å². The molecule has 5 heteroatoms. The molecule has 0 aromatic carbocycles. The number of carbonyl (C=O) groups is 2. The van der Waals surface area contributed by atoms with Crippen molar-refractivity contribution in [2.75, 3.05) is 13.2 Å². The Balaban J connectivity index is 3.54. The molecule has 0 spiro atoms. The van der Waals surface area contributed by atoms with Gasteiger partial charge in [-0.05, 0) is 77.0 Å². The fraction of sp³-hybridized carbons (Fsp3) is 0.755. The molecule has 312 valence electrons. The summed E-state index contributed by atoms with van der Waals surface area (Å²) in [5.41, 5.74) is 0. The van der Waals surface area contributed by atoms with E-state index >= 15 is 0 Å². The summed E-state index contributed by atoms with van der Waals surface area (Å²) < 4.78 is 10.6. The van der Waals surface area contributed by atoms with Gasteiger partial charge in [-0.15, -0.1) is 0 Å². The van der Waals surface area contributed by atoms with Gasteiger partial charge in [0, 0.05) is 12.8 Å². The van der Waals surface area contributed by atoms with Crippen LogP contribution >= 0.6 is 0 Å². The molecule has 0 rings (SSSR count). The normalized spacial score (nSPS) is 12.7. The molecule has 0 bridgehead atoms. The summed E-state index contributed by atoms with van der Waals surface area (Å²) in [6, 6.07) is 0. The van der Waals surface area contributed by atoms with Crippen LogP contribution < -0.4 is 0 Å². The van der Waals surface area contributed by atoms with E-state index in [1.54, 1.807) is 0 Å². The molecular weight excluding hydrogens is 669 g/mol. The van der Waals surface area contributed by atoms with E-state index in [1.165, 1.54) is 128 Å². The lowest BCUT2D eigenvalue weighted by Crippen LogP contribution is -2.28. The topological polar surface area (TPSA) is 72.8 Å². The lowest BCUT2D eigenvalue weighted by Gasteiger charge is -2.15. The van der Waals surface area contributed by atoms with Gasteiger partial charge in [-0.1, -0.05) is 190 Å². The molecule has 5 nitrogen and oxygen atoms in total. The molecule has 0 aliphatic carbocycles. The van der Waals surface area contributed by atoms with Crippen LogP contribution in [0.5, 0.6) is 0 Å². The monoisotopic (exact) mass is 755 g/mol. The van der Waals surface area contributed by atoms with Gasteiger partial charge < -0.3 is 14.6 Å². The van der Waals surface area contributed by atoms with E-state index in [-0.39, 0.29) is 25.2 Å². The highest BCUT2D eigenvalue weighted by molar-refractivity contribution is 5.70. The molecular formula is C49H86O5. The number of allylic oxidation sites excluding steroid dienone is 10. The van der Waals surface area contributed by atoms with Crippen LogP contribution in [0.4, 0.5) is 0 Å². The lowest BCUT2D eigenvalue weighted by molar-refractivity contribution is -0.161. The second-order valence-electron chi connectivity index (χ2n) is 15.1. The minimum atomic E-state index is -0.777. The predicted octanol–water partition coefficient (Wildman–Crippen LogP) is 14.7. The van der Waals surface area contributed by atoms with Crippen LogP contribution in [0.1, 0.15) is 219 Å². The standard InChI is InChI=1S/C49H86O5/c1-3-5-7-9-11-13-15-17-19-21-22-23-24-25-26-28-30-32-34-36-38-40-42-44-49(52)54-47(45-50)46-53-48(51)43-41-39-37-35-33-31-29-27-20-18-16-14-12-10-8-6-4-2/h5,7,11,13,17-20,22-23,47,50H,3-4,6,8-10,12,14-16,21,24-46H2,1-2H3/b7-5-,13-11-,19-17-,20-18-,23-22-. The smallest absolute Gasteiger partial charge is 0.306 e. The van der Waals surface area contributed by atoms with Gasteiger partial charge in [0.2, 0.25) is 0 Å². The van der Waals surface area contributed by atoms with Crippen molar-refractivity contribution in [3.8, 4) is 0 Å². The van der Waals surface area contributed by atoms with E-state index in [1.807, 2.05) is 0 Å². The second-order valence-corrected chi connectivity index (χ2v) is 15.1. The van der Waals surface area contributed by atoms with E-state index < -0.39 is 6.10 Å². The van der Waals surface area contributed by atoms with Crippen molar-refractivity contribution >= 4 is 11.9 Å². The van der Waals surface area contributed by atoms with Gasteiger partial charge in [0.05, 0.1) is 6.61 Å². The van der Waals surface area contributed by atoms with Crippen molar-refractivity contribution in [2.45, 2.75) is 225 Å². The third-order valence-electron chi connectivity index (χ3n) is 9.80. The first kappa shape index (κ1) is 51.6. The average Bonchev–Trinajstić information content (AvgIpc) is 3.17. The minimum absolute atomic E-state index is 0.0705. The summed E-state index contributed by atoms with van der Waals surface area (Å²) in [7, 11) is 0. The van der Waals surface area contributed by atoms with Gasteiger partial charge in [0.1, 0.15) is 6.61 Å². The van der Waals surface area contributed by atoms with Gasteiger partial charge in [0.25, 0.3) is 0 Å². The number of carbonyl (C=O) groups excluding carboxylic acids is 2. The van der Waals surface area contributed by atoms with Gasteiger partial charge in [-0.2, -0.15) is 0 Å².